The van der Waals surface area contributed by atoms with Crippen molar-refractivity contribution < 1.29 is 19.8 Å². The van der Waals surface area contributed by atoms with E-state index in [9.17, 15) is 14.4 Å². The average molecular weight is 295 g/mol. The van der Waals surface area contributed by atoms with Crippen LogP contribution in [0, 0.1) is 6.92 Å². The predicted molar refractivity (Wildman–Crippen MR) is 72.2 cm³/mol. The lowest BCUT2D eigenvalue weighted by Crippen LogP contribution is -2.43. The van der Waals surface area contributed by atoms with Gasteiger partial charge in [-0.15, -0.1) is 0 Å². The Balaban J connectivity index is 2.22. The molecule has 1 aliphatic carbocycles. The number of rotatable bonds is 6. The van der Waals surface area contributed by atoms with Crippen molar-refractivity contribution in [1.29, 1.82) is 0 Å². The molecule has 0 aliphatic heterocycles. The number of H-pyrrole nitrogens is 1. The molecule has 2 rings (SSSR count). The van der Waals surface area contributed by atoms with Crippen LogP contribution in [0.5, 0.6) is 0 Å². The van der Waals surface area contributed by atoms with Gasteiger partial charge in [0.15, 0.2) is 0 Å². The number of aromatic amines is 1. The van der Waals surface area contributed by atoms with Crippen LogP contribution in [-0.4, -0.2) is 44.7 Å². The van der Waals surface area contributed by atoms with Gasteiger partial charge in [-0.2, -0.15) is 0 Å². The molecule has 21 heavy (non-hydrogen) atoms. The van der Waals surface area contributed by atoms with Gasteiger partial charge < -0.3 is 20.5 Å². The monoisotopic (exact) mass is 295 g/mol. The van der Waals surface area contributed by atoms with Gasteiger partial charge in [-0.25, -0.2) is 9.78 Å². The Kier molecular flexibility index (Phi) is 4.37. The summed E-state index contributed by atoms with van der Waals surface area (Å²) in [5.74, 6) is -1.26. The van der Waals surface area contributed by atoms with Gasteiger partial charge in [-0.1, -0.05) is 0 Å². The van der Waals surface area contributed by atoms with Gasteiger partial charge in [0.1, 0.15) is 17.4 Å². The van der Waals surface area contributed by atoms with E-state index in [0.29, 0.717) is 5.82 Å². The molecule has 1 aromatic heterocycles. The molecule has 1 aromatic rings. The smallest absolute Gasteiger partial charge is 0.326 e. The summed E-state index contributed by atoms with van der Waals surface area (Å²) in [6.07, 6.45) is 1.79. The standard InChI is InChI=1S/C13H17N3O5/c1-6-9(11(18)15-8(4-5-17)13(20)21)12(19)16-10(14-6)7-2-3-7/h7-8,17H,2-5H2,1H3,(H,15,18)(H,20,21)(H,14,16,19). The SMILES string of the molecule is Cc1nc(C2CC2)[nH]c(=O)c1C(=O)NC(CCO)C(=O)O. The number of nitrogens with one attached hydrogen (secondary N) is 2. The molecule has 1 fully saturated rings. The van der Waals surface area contributed by atoms with Crippen molar-refractivity contribution in [1.82, 2.24) is 15.3 Å². The van der Waals surface area contributed by atoms with E-state index in [0.717, 1.165) is 12.8 Å². The number of nitrogens with zero attached hydrogens (tertiary/aromatic N) is 1. The third-order valence-corrected chi connectivity index (χ3v) is 3.33. The maximum absolute atomic E-state index is 12.1. The fraction of sp³-hybridized carbons (Fsp3) is 0.538. The van der Waals surface area contributed by atoms with Crippen molar-refractivity contribution in [3.63, 3.8) is 0 Å². The number of carboxylic acid groups (broad SMARTS) is 1. The van der Waals surface area contributed by atoms with E-state index in [1.165, 1.54) is 6.92 Å². The number of aliphatic hydroxyl groups excluding tert-OH is 1. The number of carbonyl (C=O) groups is 2. The summed E-state index contributed by atoms with van der Waals surface area (Å²) in [6.45, 7) is 1.16. The Labute approximate surface area is 120 Å². The number of hydrogen-bond acceptors (Lipinski definition) is 5. The Bertz CT molecular complexity index is 621. The molecule has 1 aliphatic rings. The number of amides is 1. The van der Waals surface area contributed by atoms with Gasteiger partial charge in [-0.3, -0.25) is 9.59 Å². The molecular formula is C13H17N3O5. The summed E-state index contributed by atoms with van der Waals surface area (Å²) in [4.78, 5) is 41.8. The average Bonchev–Trinajstić information content (AvgIpc) is 3.21. The first kappa shape index (κ1) is 15.2. The van der Waals surface area contributed by atoms with Crippen LogP contribution >= 0.6 is 0 Å². The second-order valence-corrected chi connectivity index (χ2v) is 5.06. The zero-order valence-electron chi connectivity index (χ0n) is 11.5. The lowest BCUT2D eigenvalue weighted by molar-refractivity contribution is -0.139. The summed E-state index contributed by atoms with van der Waals surface area (Å²) in [7, 11) is 0. The normalized spacial score (nSPS) is 15.5. The summed E-state index contributed by atoms with van der Waals surface area (Å²) >= 11 is 0. The van der Waals surface area contributed by atoms with Gasteiger partial charge in [0.25, 0.3) is 11.5 Å². The number of aromatic nitrogens is 2. The summed E-state index contributed by atoms with van der Waals surface area (Å²) < 4.78 is 0. The summed E-state index contributed by atoms with van der Waals surface area (Å²) in [5, 5.41) is 19.9. The van der Waals surface area contributed by atoms with Crippen molar-refractivity contribution >= 4 is 11.9 Å². The van der Waals surface area contributed by atoms with E-state index in [1.54, 1.807) is 0 Å². The third kappa shape index (κ3) is 3.46. The van der Waals surface area contributed by atoms with Gasteiger partial charge in [-0.05, 0) is 19.8 Å². The van der Waals surface area contributed by atoms with Crippen LogP contribution in [0.2, 0.25) is 0 Å². The molecule has 0 saturated heterocycles. The minimum Gasteiger partial charge on any atom is -0.480 e. The second kappa shape index (κ2) is 6.04. The predicted octanol–water partition coefficient (Wildman–Crippen LogP) is -0.479. The van der Waals surface area contributed by atoms with Crippen LogP contribution in [0.25, 0.3) is 0 Å². The number of aliphatic carboxylic acids is 1. The van der Waals surface area contributed by atoms with Gasteiger partial charge in [0.05, 0.1) is 5.69 Å². The minimum atomic E-state index is -1.27. The Hall–Kier alpha value is -2.22. The van der Waals surface area contributed by atoms with Crippen molar-refractivity contribution in [2.75, 3.05) is 6.61 Å². The summed E-state index contributed by atoms with van der Waals surface area (Å²) in [5.41, 5.74) is -0.495. The topological polar surface area (TPSA) is 132 Å². The molecule has 1 atom stereocenters. The number of aliphatic hydroxyl groups is 1. The molecule has 0 radical (unpaired) electrons. The fourth-order valence-corrected chi connectivity index (χ4v) is 2.04. The lowest BCUT2D eigenvalue weighted by atomic mass is 10.1. The third-order valence-electron chi connectivity index (χ3n) is 3.33. The molecule has 4 N–H and O–H groups in total. The Morgan fingerprint density at radius 1 is 1.48 bits per heavy atom. The first-order valence-electron chi connectivity index (χ1n) is 6.69. The number of carbonyl (C=O) groups excluding carboxylic acids is 1. The minimum absolute atomic E-state index is 0.133. The van der Waals surface area contributed by atoms with E-state index in [4.69, 9.17) is 10.2 Å². The quantitative estimate of drug-likeness (QED) is 0.560. The molecule has 8 nitrogen and oxygen atoms in total. The molecule has 8 heteroatoms. The van der Waals surface area contributed by atoms with E-state index in [1.807, 2.05) is 0 Å². The van der Waals surface area contributed by atoms with Crippen LogP contribution in [0.3, 0.4) is 0 Å². The Morgan fingerprint density at radius 3 is 2.62 bits per heavy atom. The second-order valence-electron chi connectivity index (χ2n) is 5.06. The number of hydrogen-bond donors (Lipinski definition) is 4. The number of carboxylic acids is 1. The largest absolute Gasteiger partial charge is 0.480 e. The van der Waals surface area contributed by atoms with Crippen LogP contribution < -0.4 is 10.9 Å². The van der Waals surface area contributed by atoms with E-state index in [2.05, 4.69) is 15.3 Å². The maximum Gasteiger partial charge on any atom is 0.326 e. The highest BCUT2D eigenvalue weighted by molar-refractivity contribution is 5.97. The van der Waals surface area contributed by atoms with Crippen LogP contribution in [0.1, 0.15) is 47.1 Å². The molecule has 114 valence electrons. The highest BCUT2D eigenvalue weighted by atomic mass is 16.4. The number of aryl methyl sites for hydroxylation is 1. The Morgan fingerprint density at radius 2 is 2.14 bits per heavy atom. The van der Waals surface area contributed by atoms with E-state index >= 15 is 0 Å². The molecule has 1 amide bonds. The first-order valence-corrected chi connectivity index (χ1v) is 6.69. The van der Waals surface area contributed by atoms with E-state index in [-0.39, 0.29) is 30.2 Å². The van der Waals surface area contributed by atoms with E-state index < -0.39 is 23.5 Å². The first-order chi connectivity index (χ1) is 9.93. The van der Waals surface area contributed by atoms with Gasteiger partial charge in [0.2, 0.25) is 0 Å². The van der Waals surface area contributed by atoms with Crippen LogP contribution in [0.4, 0.5) is 0 Å². The molecule has 1 unspecified atom stereocenters. The van der Waals surface area contributed by atoms with Crippen molar-refractivity contribution in [2.24, 2.45) is 0 Å². The molecule has 1 heterocycles. The molecule has 0 spiro atoms. The molecule has 1 saturated carbocycles. The van der Waals surface area contributed by atoms with Gasteiger partial charge >= 0.3 is 5.97 Å². The van der Waals surface area contributed by atoms with Crippen molar-refractivity contribution in [3.8, 4) is 0 Å². The van der Waals surface area contributed by atoms with Crippen LogP contribution in [-0.2, 0) is 4.79 Å². The summed E-state index contributed by atoms with van der Waals surface area (Å²) in [6, 6.07) is -1.25. The van der Waals surface area contributed by atoms with Gasteiger partial charge in [0, 0.05) is 18.9 Å². The van der Waals surface area contributed by atoms with Crippen molar-refractivity contribution in [2.45, 2.75) is 38.1 Å². The highest BCUT2D eigenvalue weighted by Gasteiger charge is 2.29. The molecule has 0 aromatic carbocycles. The molecular weight excluding hydrogens is 278 g/mol. The maximum atomic E-state index is 12.1. The molecule has 0 bridgehead atoms. The van der Waals surface area contributed by atoms with Crippen LogP contribution in [0.15, 0.2) is 4.79 Å². The highest BCUT2D eigenvalue weighted by Crippen LogP contribution is 2.37. The fourth-order valence-electron chi connectivity index (χ4n) is 2.04. The lowest BCUT2D eigenvalue weighted by Gasteiger charge is -2.13. The zero-order chi connectivity index (χ0) is 15.6. The zero-order valence-corrected chi connectivity index (χ0v) is 11.5. The van der Waals surface area contributed by atoms with Crippen molar-refractivity contribution in [3.05, 3.63) is 27.4 Å².